The van der Waals surface area contributed by atoms with Gasteiger partial charge in [-0.1, -0.05) is 42.5 Å². The molecule has 0 fully saturated rings. The lowest BCUT2D eigenvalue weighted by Crippen LogP contribution is -2.31. The molecule has 0 spiro atoms. The number of anilines is 1. The van der Waals surface area contributed by atoms with Crippen LogP contribution >= 0.6 is 11.3 Å². The summed E-state index contributed by atoms with van der Waals surface area (Å²) in [4.78, 5) is 34.8. The number of aryl methyl sites for hydroxylation is 3. The van der Waals surface area contributed by atoms with Crippen LogP contribution in [0.2, 0.25) is 0 Å². The van der Waals surface area contributed by atoms with Gasteiger partial charge in [0.15, 0.2) is 0 Å². The first-order valence-corrected chi connectivity index (χ1v) is 10.7. The average Bonchev–Trinajstić information content (AvgIpc) is 3.24. The van der Waals surface area contributed by atoms with Gasteiger partial charge in [-0.2, -0.15) is 0 Å². The van der Waals surface area contributed by atoms with Crippen molar-refractivity contribution in [3.63, 3.8) is 0 Å². The Morgan fingerprint density at radius 2 is 1.87 bits per heavy atom. The number of rotatable bonds is 5. The first kappa shape index (κ1) is 20.7. The van der Waals surface area contributed by atoms with Crippen molar-refractivity contribution in [1.82, 2.24) is 14.5 Å². The van der Waals surface area contributed by atoms with Crippen molar-refractivity contribution in [1.29, 1.82) is 0 Å². The van der Waals surface area contributed by atoms with Crippen LogP contribution in [0.25, 0.3) is 21.8 Å². The molecule has 0 saturated carbocycles. The van der Waals surface area contributed by atoms with Crippen molar-refractivity contribution in [2.45, 2.75) is 27.3 Å². The normalized spacial score (nSPS) is 10.8. The summed E-state index contributed by atoms with van der Waals surface area (Å²) in [5.74, 6) is 0.201. The molecule has 0 atom stereocenters. The lowest BCUT2D eigenvalue weighted by Gasteiger charge is -2.12. The number of nitrogens with one attached hydrogen (secondary N) is 1. The van der Waals surface area contributed by atoms with Crippen LogP contribution in [0.1, 0.15) is 17.0 Å². The van der Waals surface area contributed by atoms with Gasteiger partial charge >= 0.3 is 0 Å². The van der Waals surface area contributed by atoms with Crippen molar-refractivity contribution in [3.8, 4) is 21.8 Å². The van der Waals surface area contributed by atoms with Gasteiger partial charge < -0.3 is 5.32 Å². The van der Waals surface area contributed by atoms with E-state index in [-0.39, 0.29) is 18.0 Å². The molecule has 0 aliphatic rings. The highest BCUT2D eigenvalue weighted by Crippen LogP contribution is 2.27. The van der Waals surface area contributed by atoms with E-state index in [0.717, 1.165) is 28.1 Å². The highest BCUT2D eigenvalue weighted by atomic mass is 32.1. The maximum atomic E-state index is 13.2. The van der Waals surface area contributed by atoms with E-state index in [1.165, 1.54) is 22.1 Å². The third-order valence-electron chi connectivity index (χ3n) is 5.02. The second-order valence-corrected chi connectivity index (χ2v) is 8.24. The quantitative estimate of drug-likeness (QED) is 0.502. The topological polar surface area (TPSA) is 76.9 Å². The van der Waals surface area contributed by atoms with E-state index in [9.17, 15) is 9.59 Å². The monoisotopic (exact) mass is 430 g/mol. The van der Waals surface area contributed by atoms with E-state index in [1.807, 2.05) is 67.8 Å². The van der Waals surface area contributed by atoms with E-state index in [1.54, 1.807) is 6.92 Å². The third-order valence-corrected chi connectivity index (χ3v) is 5.90. The number of aromatic nitrogens is 3. The molecule has 156 valence electrons. The second-order valence-electron chi connectivity index (χ2n) is 7.38. The van der Waals surface area contributed by atoms with Crippen LogP contribution in [0, 0.1) is 20.8 Å². The Kier molecular flexibility index (Phi) is 5.77. The Bertz CT molecular complexity index is 1310. The van der Waals surface area contributed by atoms with Crippen LogP contribution in [0.15, 0.2) is 64.9 Å². The number of hydrogen-bond acceptors (Lipinski definition) is 5. The van der Waals surface area contributed by atoms with Crippen molar-refractivity contribution < 1.29 is 4.79 Å². The predicted molar refractivity (Wildman–Crippen MR) is 124 cm³/mol. The van der Waals surface area contributed by atoms with Crippen LogP contribution < -0.4 is 10.9 Å². The molecule has 6 nitrogen and oxygen atoms in total. The molecule has 0 bridgehead atoms. The first-order chi connectivity index (χ1) is 14.9. The fourth-order valence-electron chi connectivity index (χ4n) is 3.25. The number of carbonyl (C=O) groups is 1. The van der Waals surface area contributed by atoms with Crippen molar-refractivity contribution >= 4 is 22.9 Å². The van der Waals surface area contributed by atoms with Crippen LogP contribution in [0.4, 0.5) is 5.69 Å². The Balaban J connectivity index is 1.61. The number of hydrogen-bond donors (Lipinski definition) is 1. The summed E-state index contributed by atoms with van der Waals surface area (Å²) in [7, 11) is 0. The molecule has 2 heterocycles. The summed E-state index contributed by atoms with van der Waals surface area (Å²) in [6.45, 7) is 5.50. The van der Waals surface area contributed by atoms with Gasteiger partial charge in [-0.25, -0.2) is 9.97 Å². The van der Waals surface area contributed by atoms with Crippen LogP contribution in [0.5, 0.6) is 0 Å². The molecule has 2 aromatic heterocycles. The highest BCUT2D eigenvalue weighted by molar-refractivity contribution is 7.13. The molecule has 31 heavy (non-hydrogen) atoms. The Morgan fingerprint density at radius 1 is 1.10 bits per heavy atom. The Labute approximate surface area is 184 Å². The average molecular weight is 431 g/mol. The van der Waals surface area contributed by atoms with E-state index in [2.05, 4.69) is 15.3 Å². The van der Waals surface area contributed by atoms with Crippen molar-refractivity contribution in [2.75, 3.05) is 5.32 Å². The largest absolute Gasteiger partial charge is 0.324 e. The minimum Gasteiger partial charge on any atom is -0.324 e. The summed E-state index contributed by atoms with van der Waals surface area (Å²) in [6.07, 6.45) is 1.53. The molecular weight excluding hydrogens is 408 g/mol. The smallest absolute Gasteiger partial charge is 0.264 e. The summed E-state index contributed by atoms with van der Waals surface area (Å²) in [5.41, 5.74) is 4.65. The fourth-order valence-corrected chi connectivity index (χ4v) is 4.08. The van der Waals surface area contributed by atoms with Gasteiger partial charge in [0.05, 0.1) is 11.3 Å². The maximum absolute atomic E-state index is 13.2. The van der Waals surface area contributed by atoms with Gasteiger partial charge in [-0.15, -0.1) is 11.3 Å². The minimum absolute atomic E-state index is 0.115. The standard InChI is InChI=1S/C24H22N4O2S/c1-15-9-10-16(2)20(11-15)26-22(29)13-28-17(3)25-12-19(24(28)30)23-27-21(14-31-23)18-7-5-4-6-8-18/h4-12,14H,13H2,1-3H3,(H,26,29). The minimum atomic E-state index is -0.280. The van der Waals surface area contributed by atoms with Crippen LogP contribution in [0.3, 0.4) is 0 Å². The third kappa shape index (κ3) is 4.46. The molecule has 2 aromatic carbocycles. The lowest BCUT2D eigenvalue weighted by molar-refractivity contribution is -0.116. The molecule has 4 aromatic rings. The van der Waals surface area contributed by atoms with Crippen molar-refractivity contribution in [3.05, 3.63) is 87.4 Å². The van der Waals surface area contributed by atoms with Gasteiger partial charge in [0.2, 0.25) is 5.91 Å². The molecular formula is C24H22N4O2S. The van der Waals surface area contributed by atoms with Gasteiger partial charge in [0.25, 0.3) is 5.56 Å². The summed E-state index contributed by atoms with van der Waals surface area (Å²) >= 11 is 1.39. The van der Waals surface area contributed by atoms with Crippen LogP contribution in [-0.4, -0.2) is 20.4 Å². The Hall–Kier alpha value is -3.58. The summed E-state index contributed by atoms with van der Waals surface area (Å²) in [6, 6.07) is 15.7. The van der Waals surface area contributed by atoms with E-state index >= 15 is 0 Å². The molecule has 1 amide bonds. The molecule has 0 radical (unpaired) electrons. The summed E-state index contributed by atoms with van der Waals surface area (Å²) in [5, 5.41) is 5.40. The molecule has 4 rings (SSSR count). The zero-order valence-corrected chi connectivity index (χ0v) is 18.4. The Morgan fingerprint density at radius 3 is 2.65 bits per heavy atom. The number of nitrogens with zero attached hydrogens (tertiary/aromatic N) is 3. The molecule has 0 unspecified atom stereocenters. The van der Waals surface area contributed by atoms with E-state index in [4.69, 9.17) is 0 Å². The van der Waals surface area contributed by atoms with E-state index in [0.29, 0.717) is 16.4 Å². The van der Waals surface area contributed by atoms with Crippen molar-refractivity contribution in [2.24, 2.45) is 0 Å². The van der Waals surface area contributed by atoms with E-state index < -0.39 is 0 Å². The molecule has 0 aliphatic carbocycles. The number of benzene rings is 2. The molecule has 7 heteroatoms. The molecule has 0 aliphatic heterocycles. The fraction of sp³-hybridized carbons (Fsp3) is 0.167. The number of thiazole rings is 1. The second kappa shape index (κ2) is 8.65. The lowest BCUT2D eigenvalue weighted by atomic mass is 10.1. The zero-order valence-electron chi connectivity index (χ0n) is 17.5. The zero-order chi connectivity index (χ0) is 22.0. The first-order valence-electron chi connectivity index (χ1n) is 9.87. The maximum Gasteiger partial charge on any atom is 0.264 e. The number of carbonyl (C=O) groups excluding carboxylic acids is 1. The van der Waals surface area contributed by atoms with Crippen LogP contribution in [-0.2, 0) is 11.3 Å². The summed E-state index contributed by atoms with van der Waals surface area (Å²) < 4.78 is 1.39. The molecule has 0 saturated heterocycles. The highest BCUT2D eigenvalue weighted by Gasteiger charge is 2.16. The van der Waals surface area contributed by atoms with Gasteiger partial charge in [-0.05, 0) is 38.0 Å². The SMILES string of the molecule is Cc1ccc(C)c(NC(=O)Cn2c(C)ncc(-c3nc(-c4ccccc4)cs3)c2=O)c1. The molecule has 1 N–H and O–H groups in total. The predicted octanol–water partition coefficient (Wildman–Crippen LogP) is 4.60. The van der Waals surface area contributed by atoms with Gasteiger partial charge in [-0.3, -0.25) is 14.2 Å². The van der Waals surface area contributed by atoms with Gasteiger partial charge in [0.1, 0.15) is 17.4 Å². The van der Waals surface area contributed by atoms with Gasteiger partial charge in [0, 0.05) is 22.8 Å². The number of amides is 1.